The predicted octanol–water partition coefficient (Wildman–Crippen LogP) is 1.71. The van der Waals surface area contributed by atoms with E-state index in [-0.39, 0.29) is 5.88 Å². The summed E-state index contributed by atoms with van der Waals surface area (Å²) in [6.45, 7) is 0. The molecule has 60 valence electrons. The largest absolute Gasteiger partial charge is 0.340 e. The third-order valence-electron chi connectivity index (χ3n) is 0.763. The van der Waals surface area contributed by atoms with E-state index < -0.39 is 9.83 Å². The summed E-state index contributed by atoms with van der Waals surface area (Å²) in [6, 6.07) is 0. The minimum Gasteiger partial charge on any atom is -0.340 e. The van der Waals surface area contributed by atoms with Crippen LogP contribution in [0.15, 0.2) is 0 Å². The Morgan fingerprint density at radius 3 is 2.40 bits per heavy atom. The van der Waals surface area contributed by atoms with Crippen molar-refractivity contribution in [3.63, 3.8) is 0 Å². The molecule has 0 aromatic carbocycles. The Morgan fingerprint density at radius 2 is 2.10 bits per heavy atom. The molecule has 0 saturated carbocycles. The van der Waals surface area contributed by atoms with Gasteiger partial charge in [-0.25, -0.2) is 0 Å². The van der Waals surface area contributed by atoms with Gasteiger partial charge in [-0.1, -0.05) is 34.8 Å². The molecule has 0 heterocycles. The van der Waals surface area contributed by atoms with E-state index in [4.69, 9.17) is 46.4 Å². The fourth-order valence-electron chi connectivity index (χ4n) is 0.249. The molecule has 6 heteroatoms. The average molecular weight is 225 g/mol. The van der Waals surface area contributed by atoms with Crippen LogP contribution < -0.4 is 5.32 Å². The number of alkyl halides is 4. The van der Waals surface area contributed by atoms with E-state index in [9.17, 15) is 4.79 Å². The van der Waals surface area contributed by atoms with Crippen LogP contribution in [0.3, 0.4) is 0 Å². The van der Waals surface area contributed by atoms with Gasteiger partial charge in [-0.15, -0.1) is 11.6 Å². The maximum atomic E-state index is 9.82. The van der Waals surface area contributed by atoms with E-state index in [1.54, 1.807) is 0 Å². The van der Waals surface area contributed by atoms with Gasteiger partial charge in [0.1, 0.15) is 5.50 Å². The molecule has 0 aliphatic carbocycles. The zero-order chi connectivity index (χ0) is 8.20. The number of amides is 1. The Hall–Kier alpha value is 0.630. The Morgan fingerprint density at radius 1 is 1.60 bits per heavy atom. The van der Waals surface area contributed by atoms with Crippen molar-refractivity contribution in [1.82, 2.24) is 5.32 Å². The molecule has 0 aliphatic heterocycles. The SMILES string of the molecule is O=CNC(Cl)C(Cl)(Cl)CCl. The van der Waals surface area contributed by atoms with Gasteiger partial charge in [0.25, 0.3) is 0 Å². The molecule has 0 radical (unpaired) electrons. The van der Waals surface area contributed by atoms with Crippen molar-refractivity contribution < 1.29 is 4.79 Å². The molecule has 0 spiro atoms. The molecule has 0 saturated heterocycles. The van der Waals surface area contributed by atoms with E-state index >= 15 is 0 Å². The Balaban J connectivity index is 3.89. The molecule has 0 bridgehead atoms. The van der Waals surface area contributed by atoms with E-state index in [0.717, 1.165) is 0 Å². The third-order valence-corrected chi connectivity index (χ3v) is 2.88. The average Bonchev–Trinajstić information content (AvgIpc) is 1.89. The van der Waals surface area contributed by atoms with E-state index in [2.05, 4.69) is 5.32 Å². The quantitative estimate of drug-likeness (QED) is 0.440. The first-order chi connectivity index (χ1) is 4.54. The lowest BCUT2D eigenvalue weighted by Crippen LogP contribution is -2.39. The lowest BCUT2D eigenvalue weighted by atomic mass is 10.4. The number of hydrogen-bond acceptors (Lipinski definition) is 1. The highest BCUT2D eigenvalue weighted by Gasteiger charge is 2.32. The van der Waals surface area contributed by atoms with Gasteiger partial charge in [0.05, 0.1) is 5.88 Å². The van der Waals surface area contributed by atoms with Crippen LogP contribution in [0.2, 0.25) is 0 Å². The van der Waals surface area contributed by atoms with Gasteiger partial charge in [-0.05, 0) is 0 Å². The maximum absolute atomic E-state index is 9.82. The topological polar surface area (TPSA) is 29.1 Å². The Kier molecular flexibility index (Phi) is 4.78. The molecule has 0 aliphatic rings. The van der Waals surface area contributed by atoms with Crippen LogP contribution in [0.5, 0.6) is 0 Å². The Bertz CT molecular complexity index is 118. The van der Waals surface area contributed by atoms with Crippen molar-refractivity contribution in [3.8, 4) is 0 Å². The van der Waals surface area contributed by atoms with Crippen molar-refractivity contribution >= 4 is 52.8 Å². The second-order valence-corrected chi connectivity index (χ2v) is 3.79. The third kappa shape index (κ3) is 3.15. The van der Waals surface area contributed by atoms with Crippen molar-refractivity contribution in [1.29, 1.82) is 0 Å². The van der Waals surface area contributed by atoms with Crippen LogP contribution in [0.4, 0.5) is 0 Å². The first kappa shape index (κ1) is 10.6. The molecule has 0 aromatic heterocycles. The van der Waals surface area contributed by atoms with E-state index in [1.807, 2.05) is 0 Å². The van der Waals surface area contributed by atoms with E-state index in [1.165, 1.54) is 0 Å². The predicted molar refractivity (Wildman–Crippen MR) is 44.0 cm³/mol. The van der Waals surface area contributed by atoms with Crippen molar-refractivity contribution in [2.75, 3.05) is 5.88 Å². The highest BCUT2D eigenvalue weighted by molar-refractivity contribution is 6.55. The summed E-state index contributed by atoms with van der Waals surface area (Å²) in [6.07, 6.45) is 0.406. The molecule has 1 amide bonds. The number of rotatable bonds is 4. The summed E-state index contributed by atoms with van der Waals surface area (Å²) >= 11 is 21.9. The zero-order valence-corrected chi connectivity index (χ0v) is 7.81. The standard InChI is InChI=1S/C4H5Cl4NO/c5-1-4(7,8)3(6)9-2-10/h2-3H,1H2,(H,9,10). The van der Waals surface area contributed by atoms with Crippen molar-refractivity contribution in [3.05, 3.63) is 0 Å². The van der Waals surface area contributed by atoms with Gasteiger partial charge in [0.15, 0.2) is 4.33 Å². The second-order valence-electron chi connectivity index (χ2n) is 1.54. The number of carbonyl (C=O) groups is 1. The summed E-state index contributed by atoms with van der Waals surface area (Å²) < 4.78 is -1.32. The molecule has 1 unspecified atom stereocenters. The minimum atomic E-state index is -1.32. The summed E-state index contributed by atoms with van der Waals surface area (Å²) in [4.78, 5) is 9.82. The molecule has 1 atom stereocenters. The summed E-state index contributed by atoms with van der Waals surface area (Å²) in [5.41, 5.74) is -0.870. The highest BCUT2D eigenvalue weighted by atomic mass is 35.5. The molecular formula is C4H5Cl4NO. The number of halogens is 4. The lowest BCUT2D eigenvalue weighted by Gasteiger charge is -2.21. The minimum absolute atomic E-state index is 0.0505. The number of carbonyl (C=O) groups excluding carboxylic acids is 1. The van der Waals surface area contributed by atoms with Gasteiger partial charge >= 0.3 is 0 Å². The number of nitrogens with one attached hydrogen (secondary N) is 1. The molecule has 1 N–H and O–H groups in total. The fraction of sp³-hybridized carbons (Fsp3) is 0.750. The van der Waals surface area contributed by atoms with Gasteiger partial charge in [0, 0.05) is 0 Å². The summed E-state index contributed by atoms with van der Waals surface area (Å²) in [7, 11) is 0. The van der Waals surface area contributed by atoms with Crippen LogP contribution in [-0.2, 0) is 4.79 Å². The van der Waals surface area contributed by atoms with Gasteiger partial charge in [-0.2, -0.15) is 0 Å². The number of hydrogen-bond donors (Lipinski definition) is 1. The summed E-state index contributed by atoms with van der Waals surface area (Å²) in [5, 5.41) is 2.17. The fourth-order valence-corrected chi connectivity index (χ4v) is 0.737. The van der Waals surface area contributed by atoms with Gasteiger partial charge in [0.2, 0.25) is 6.41 Å². The van der Waals surface area contributed by atoms with Crippen LogP contribution in [0.1, 0.15) is 0 Å². The molecule has 0 fully saturated rings. The molecule has 2 nitrogen and oxygen atoms in total. The molecule has 0 rings (SSSR count). The molecule has 10 heavy (non-hydrogen) atoms. The van der Waals surface area contributed by atoms with Gasteiger partial charge in [-0.3, -0.25) is 4.79 Å². The highest BCUT2D eigenvalue weighted by Crippen LogP contribution is 2.28. The van der Waals surface area contributed by atoms with Crippen LogP contribution in [0, 0.1) is 0 Å². The van der Waals surface area contributed by atoms with Crippen LogP contribution >= 0.6 is 46.4 Å². The van der Waals surface area contributed by atoms with Crippen molar-refractivity contribution in [2.24, 2.45) is 0 Å². The molecular weight excluding hydrogens is 220 g/mol. The monoisotopic (exact) mass is 223 g/mol. The first-order valence-electron chi connectivity index (χ1n) is 2.32. The molecule has 0 aromatic rings. The van der Waals surface area contributed by atoms with Gasteiger partial charge < -0.3 is 5.32 Å². The van der Waals surface area contributed by atoms with Crippen LogP contribution in [0.25, 0.3) is 0 Å². The van der Waals surface area contributed by atoms with E-state index in [0.29, 0.717) is 6.41 Å². The normalized spacial score (nSPS) is 14.4. The Labute approximate surface area is 78.8 Å². The first-order valence-corrected chi connectivity index (χ1v) is 4.05. The second kappa shape index (κ2) is 4.50. The smallest absolute Gasteiger partial charge is 0.208 e. The van der Waals surface area contributed by atoms with Crippen LogP contribution in [-0.4, -0.2) is 22.1 Å². The zero-order valence-electron chi connectivity index (χ0n) is 4.78. The summed E-state index contributed by atoms with van der Waals surface area (Å²) in [5.74, 6) is -0.0505. The van der Waals surface area contributed by atoms with Crippen molar-refractivity contribution in [2.45, 2.75) is 9.83 Å². The maximum Gasteiger partial charge on any atom is 0.208 e. The lowest BCUT2D eigenvalue weighted by molar-refractivity contribution is -0.109.